The van der Waals surface area contributed by atoms with E-state index in [0.717, 1.165) is 10.9 Å². The lowest BCUT2D eigenvalue weighted by atomic mass is 10.2. The number of fused-ring (bicyclic) bond motifs is 1. The lowest BCUT2D eigenvalue weighted by Crippen LogP contribution is -2.14. The molecule has 1 heterocycles. The SMILES string of the molecule is Cc1cnc2c(S(=O)(=O)Nc3ccccc3Cl)cccc2c1. The molecular formula is C16H13ClN2O2S. The van der Waals surface area contributed by atoms with Crippen LogP contribution in [0.25, 0.3) is 10.9 Å². The molecule has 1 aromatic heterocycles. The Labute approximate surface area is 133 Å². The Morgan fingerprint density at radius 3 is 2.64 bits per heavy atom. The van der Waals surface area contributed by atoms with Gasteiger partial charge >= 0.3 is 0 Å². The minimum atomic E-state index is -3.77. The molecule has 0 radical (unpaired) electrons. The highest BCUT2D eigenvalue weighted by Gasteiger charge is 2.19. The van der Waals surface area contributed by atoms with Gasteiger partial charge in [-0.1, -0.05) is 35.9 Å². The van der Waals surface area contributed by atoms with Crippen molar-refractivity contribution >= 4 is 38.2 Å². The van der Waals surface area contributed by atoms with Crippen molar-refractivity contribution in [2.75, 3.05) is 4.72 Å². The zero-order chi connectivity index (χ0) is 15.7. The summed E-state index contributed by atoms with van der Waals surface area (Å²) in [6.45, 7) is 1.91. The summed E-state index contributed by atoms with van der Waals surface area (Å²) in [5.41, 5.74) is 1.75. The third-order valence-corrected chi connectivity index (χ3v) is 4.95. The number of halogens is 1. The Morgan fingerprint density at radius 2 is 1.86 bits per heavy atom. The Morgan fingerprint density at radius 1 is 1.09 bits per heavy atom. The van der Waals surface area contributed by atoms with Gasteiger partial charge in [-0.05, 0) is 36.8 Å². The summed E-state index contributed by atoms with van der Waals surface area (Å²) < 4.78 is 27.8. The second kappa shape index (κ2) is 5.59. The normalized spacial score (nSPS) is 11.5. The maximum Gasteiger partial charge on any atom is 0.264 e. The first kappa shape index (κ1) is 14.8. The van der Waals surface area contributed by atoms with Crippen molar-refractivity contribution in [1.29, 1.82) is 0 Å². The van der Waals surface area contributed by atoms with Gasteiger partial charge in [0, 0.05) is 11.6 Å². The van der Waals surface area contributed by atoms with Crippen LogP contribution in [-0.4, -0.2) is 13.4 Å². The van der Waals surface area contributed by atoms with Crippen molar-refractivity contribution in [3.05, 3.63) is 65.3 Å². The van der Waals surface area contributed by atoms with Crippen LogP contribution >= 0.6 is 11.6 Å². The fourth-order valence-electron chi connectivity index (χ4n) is 2.20. The topological polar surface area (TPSA) is 59.1 Å². The molecule has 22 heavy (non-hydrogen) atoms. The third-order valence-electron chi connectivity index (χ3n) is 3.22. The van der Waals surface area contributed by atoms with E-state index in [1.807, 2.05) is 19.1 Å². The van der Waals surface area contributed by atoms with Crippen molar-refractivity contribution in [2.24, 2.45) is 0 Å². The number of hydrogen-bond acceptors (Lipinski definition) is 3. The number of pyridine rings is 1. The predicted octanol–water partition coefficient (Wildman–Crippen LogP) is 4.00. The molecule has 0 bridgehead atoms. The fourth-order valence-corrected chi connectivity index (χ4v) is 3.70. The van der Waals surface area contributed by atoms with E-state index in [1.165, 1.54) is 6.07 Å². The standard InChI is InChI=1S/C16H13ClN2O2S/c1-11-9-12-5-4-8-15(16(12)18-10-11)22(20,21)19-14-7-3-2-6-13(14)17/h2-10,19H,1H3. The fraction of sp³-hybridized carbons (Fsp3) is 0.0625. The molecule has 2 aromatic carbocycles. The highest BCUT2D eigenvalue weighted by Crippen LogP contribution is 2.27. The largest absolute Gasteiger partial charge is 0.278 e. The van der Waals surface area contributed by atoms with Crippen LogP contribution in [0.3, 0.4) is 0 Å². The number of rotatable bonds is 3. The van der Waals surface area contributed by atoms with Crippen molar-refractivity contribution in [2.45, 2.75) is 11.8 Å². The van der Waals surface area contributed by atoms with Gasteiger partial charge in [-0.15, -0.1) is 0 Å². The van der Waals surface area contributed by atoms with Crippen LogP contribution < -0.4 is 4.72 Å². The van der Waals surface area contributed by atoms with Gasteiger partial charge in [0.25, 0.3) is 10.0 Å². The van der Waals surface area contributed by atoms with Gasteiger partial charge in [0.05, 0.1) is 16.2 Å². The lowest BCUT2D eigenvalue weighted by molar-refractivity contribution is 0.602. The maximum atomic E-state index is 12.6. The van der Waals surface area contributed by atoms with E-state index in [4.69, 9.17) is 11.6 Å². The summed E-state index contributed by atoms with van der Waals surface area (Å²) >= 11 is 6.01. The molecule has 0 aliphatic rings. The molecule has 0 spiro atoms. The van der Waals surface area contributed by atoms with E-state index in [0.29, 0.717) is 16.2 Å². The first-order valence-electron chi connectivity index (χ1n) is 6.60. The van der Waals surface area contributed by atoms with Gasteiger partial charge in [0.1, 0.15) is 4.90 Å². The van der Waals surface area contributed by atoms with E-state index in [-0.39, 0.29) is 4.90 Å². The zero-order valence-corrected chi connectivity index (χ0v) is 13.3. The van der Waals surface area contributed by atoms with Crippen molar-refractivity contribution in [3.8, 4) is 0 Å². The molecule has 0 atom stereocenters. The smallest absolute Gasteiger partial charge is 0.264 e. The maximum absolute atomic E-state index is 12.6. The molecule has 4 nitrogen and oxygen atoms in total. The average molecular weight is 333 g/mol. The summed E-state index contributed by atoms with van der Waals surface area (Å²) in [6.07, 6.45) is 1.65. The van der Waals surface area contributed by atoms with Gasteiger partial charge in [0.15, 0.2) is 0 Å². The summed E-state index contributed by atoms with van der Waals surface area (Å²) in [5, 5.41) is 1.12. The number of sulfonamides is 1. The van der Waals surface area contributed by atoms with Gasteiger partial charge < -0.3 is 0 Å². The molecule has 0 unspecified atom stereocenters. The molecule has 3 rings (SSSR count). The number of aromatic nitrogens is 1. The molecule has 0 saturated carbocycles. The summed E-state index contributed by atoms with van der Waals surface area (Å²) in [7, 11) is -3.77. The molecule has 0 saturated heterocycles. The van der Waals surface area contributed by atoms with Crippen molar-refractivity contribution in [1.82, 2.24) is 4.98 Å². The van der Waals surface area contributed by atoms with E-state index in [1.54, 1.807) is 36.5 Å². The van der Waals surface area contributed by atoms with E-state index in [2.05, 4.69) is 9.71 Å². The van der Waals surface area contributed by atoms with Gasteiger partial charge in [-0.2, -0.15) is 0 Å². The predicted molar refractivity (Wildman–Crippen MR) is 88.7 cm³/mol. The Hall–Kier alpha value is -2.11. The molecule has 112 valence electrons. The van der Waals surface area contributed by atoms with E-state index < -0.39 is 10.0 Å². The monoisotopic (exact) mass is 332 g/mol. The molecule has 0 fully saturated rings. The van der Waals surface area contributed by atoms with Crippen LogP contribution in [0, 0.1) is 6.92 Å². The highest BCUT2D eigenvalue weighted by molar-refractivity contribution is 7.93. The second-order valence-electron chi connectivity index (χ2n) is 4.93. The molecule has 6 heteroatoms. The number of benzene rings is 2. The average Bonchev–Trinajstić information content (AvgIpc) is 2.48. The Kier molecular flexibility index (Phi) is 3.76. The Balaban J connectivity index is 2.12. The van der Waals surface area contributed by atoms with Crippen LogP contribution in [0.4, 0.5) is 5.69 Å². The third kappa shape index (κ3) is 2.77. The number of nitrogens with one attached hydrogen (secondary N) is 1. The first-order chi connectivity index (χ1) is 10.5. The Bertz CT molecular complexity index is 955. The number of para-hydroxylation sites is 2. The quantitative estimate of drug-likeness (QED) is 0.788. The summed E-state index contributed by atoms with van der Waals surface area (Å²) in [6, 6.07) is 13.7. The summed E-state index contributed by atoms with van der Waals surface area (Å²) in [5.74, 6) is 0. The molecule has 0 aliphatic carbocycles. The summed E-state index contributed by atoms with van der Waals surface area (Å²) in [4.78, 5) is 4.39. The van der Waals surface area contributed by atoms with Crippen LogP contribution in [0.2, 0.25) is 5.02 Å². The molecule has 1 N–H and O–H groups in total. The number of nitrogens with zero attached hydrogens (tertiary/aromatic N) is 1. The van der Waals surface area contributed by atoms with Gasteiger partial charge in [0.2, 0.25) is 0 Å². The van der Waals surface area contributed by atoms with Crippen molar-refractivity contribution < 1.29 is 8.42 Å². The molecule has 0 aliphatic heterocycles. The van der Waals surface area contributed by atoms with Crippen LogP contribution in [0.15, 0.2) is 59.6 Å². The molecular weight excluding hydrogens is 320 g/mol. The van der Waals surface area contributed by atoms with Gasteiger partial charge in [-0.25, -0.2) is 8.42 Å². The van der Waals surface area contributed by atoms with Crippen LogP contribution in [-0.2, 0) is 10.0 Å². The van der Waals surface area contributed by atoms with E-state index in [9.17, 15) is 8.42 Å². The first-order valence-corrected chi connectivity index (χ1v) is 8.46. The lowest BCUT2D eigenvalue weighted by Gasteiger charge is -2.11. The minimum absolute atomic E-state index is 0.130. The van der Waals surface area contributed by atoms with E-state index >= 15 is 0 Å². The van der Waals surface area contributed by atoms with Crippen molar-refractivity contribution in [3.63, 3.8) is 0 Å². The number of aryl methyl sites for hydroxylation is 1. The molecule has 3 aromatic rings. The highest BCUT2D eigenvalue weighted by atomic mass is 35.5. The van der Waals surface area contributed by atoms with Crippen LogP contribution in [0.5, 0.6) is 0 Å². The second-order valence-corrected chi connectivity index (χ2v) is 6.98. The number of anilines is 1. The zero-order valence-electron chi connectivity index (χ0n) is 11.7. The minimum Gasteiger partial charge on any atom is -0.278 e. The number of hydrogen-bond donors (Lipinski definition) is 1. The van der Waals surface area contributed by atoms with Gasteiger partial charge in [-0.3, -0.25) is 9.71 Å². The van der Waals surface area contributed by atoms with Crippen LogP contribution in [0.1, 0.15) is 5.56 Å². The molecule has 0 amide bonds.